The molecule has 0 aromatic heterocycles. The van der Waals surface area contributed by atoms with Crippen LogP contribution in [0.3, 0.4) is 0 Å². The third kappa shape index (κ3) is 4.25. The lowest BCUT2D eigenvalue weighted by molar-refractivity contribution is -0.114. The minimum absolute atomic E-state index is 0.0543. The molecule has 1 heterocycles. The second-order valence-corrected chi connectivity index (χ2v) is 7.46. The van der Waals surface area contributed by atoms with Gasteiger partial charge in [0.1, 0.15) is 11.5 Å². The second kappa shape index (κ2) is 8.57. The van der Waals surface area contributed by atoms with Crippen molar-refractivity contribution in [3.8, 4) is 11.5 Å². The van der Waals surface area contributed by atoms with Gasteiger partial charge in [0.25, 0.3) is 0 Å². The third-order valence-electron chi connectivity index (χ3n) is 4.86. The average Bonchev–Trinajstić information content (AvgIpc) is 2.65. The quantitative estimate of drug-likeness (QED) is 0.674. The number of nitrogens with one attached hydrogen (secondary N) is 1. The highest BCUT2D eigenvalue weighted by molar-refractivity contribution is 7.80. The van der Waals surface area contributed by atoms with Crippen LogP contribution < -0.4 is 10.1 Å². The van der Waals surface area contributed by atoms with Gasteiger partial charge in [-0.15, -0.1) is 0 Å². The first-order valence-electron chi connectivity index (χ1n) is 9.55. The fourth-order valence-corrected chi connectivity index (χ4v) is 3.87. The fourth-order valence-electron chi connectivity index (χ4n) is 3.52. The number of allylic oxidation sites excluding steroid dienone is 1. The lowest BCUT2D eigenvalue weighted by Crippen LogP contribution is -2.47. The summed E-state index contributed by atoms with van der Waals surface area (Å²) < 4.78 is 5.93. The SMILES string of the molecule is CCCN1C(=S)NC(c2ccc(Oc3cccc(C)c3)cc2)C(C(C)=O)=C1C. The fraction of sp³-hybridized carbons (Fsp3) is 0.304. The number of ether oxygens (including phenoxy) is 1. The molecule has 0 saturated carbocycles. The van der Waals surface area contributed by atoms with Crippen molar-refractivity contribution in [2.45, 2.75) is 40.2 Å². The maximum atomic E-state index is 12.4. The lowest BCUT2D eigenvalue weighted by atomic mass is 9.92. The van der Waals surface area contributed by atoms with E-state index in [2.05, 4.69) is 12.2 Å². The van der Waals surface area contributed by atoms with Gasteiger partial charge < -0.3 is 15.0 Å². The number of hydrogen-bond acceptors (Lipinski definition) is 3. The molecule has 1 unspecified atom stereocenters. The van der Waals surface area contributed by atoms with E-state index in [-0.39, 0.29) is 11.8 Å². The summed E-state index contributed by atoms with van der Waals surface area (Å²) >= 11 is 5.56. The van der Waals surface area contributed by atoms with Gasteiger partial charge in [0.2, 0.25) is 0 Å². The second-order valence-electron chi connectivity index (χ2n) is 7.08. The van der Waals surface area contributed by atoms with E-state index in [4.69, 9.17) is 17.0 Å². The number of benzene rings is 2. The largest absolute Gasteiger partial charge is 0.457 e. The van der Waals surface area contributed by atoms with Crippen LogP contribution in [0.1, 0.15) is 44.4 Å². The highest BCUT2D eigenvalue weighted by Gasteiger charge is 2.31. The number of carbonyl (C=O) groups is 1. The maximum Gasteiger partial charge on any atom is 0.173 e. The van der Waals surface area contributed by atoms with E-state index in [1.54, 1.807) is 6.92 Å². The van der Waals surface area contributed by atoms with Crippen LogP contribution in [-0.2, 0) is 4.79 Å². The summed E-state index contributed by atoms with van der Waals surface area (Å²) in [5.41, 5.74) is 3.83. The molecule has 0 radical (unpaired) electrons. The molecule has 4 nitrogen and oxygen atoms in total. The molecule has 0 amide bonds. The summed E-state index contributed by atoms with van der Waals surface area (Å²) in [5.74, 6) is 1.62. The van der Waals surface area contributed by atoms with Crippen molar-refractivity contribution in [3.05, 3.63) is 70.9 Å². The zero-order chi connectivity index (χ0) is 20.3. The zero-order valence-electron chi connectivity index (χ0n) is 16.8. The minimum atomic E-state index is -0.244. The highest BCUT2D eigenvalue weighted by atomic mass is 32.1. The van der Waals surface area contributed by atoms with E-state index in [0.717, 1.165) is 46.9 Å². The molecule has 2 aromatic rings. The zero-order valence-corrected chi connectivity index (χ0v) is 17.6. The van der Waals surface area contributed by atoms with Gasteiger partial charge in [0, 0.05) is 17.8 Å². The van der Waals surface area contributed by atoms with Gasteiger partial charge >= 0.3 is 0 Å². The predicted molar refractivity (Wildman–Crippen MR) is 117 cm³/mol. The molecule has 146 valence electrons. The number of rotatable bonds is 6. The Hall–Kier alpha value is -2.66. The van der Waals surface area contributed by atoms with Crippen molar-refractivity contribution in [3.63, 3.8) is 0 Å². The molecule has 0 bridgehead atoms. The number of ketones is 1. The van der Waals surface area contributed by atoms with Crippen LogP contribution in [0, 0.1) is 6.92 Å². The van der Waals surface area contributed by atoms with Gasteiger partial charge in [-0.25, -0.2) is 0 Å². The first-order valence-corrected chi connectivity index (χ1v) is 9.95. The monoisotopic (exact) mass is 394 g/mol. The molecular formula is C23H26N2O2S. The Bertz CT molecular complexity index is 918. The molecule has 0 saturated heterocycles. The summed E-state index contributed by atoms with van der Waals surface area (Å²) in [6.45, 7) is 8.52. The van der Waals surface area contributed by atoms with E-state index in [1.165, 1.54) is 0 Å². The summed E-state index contributed by atoms with van der Waals surface area (Å²) in [4.78, 5) is 14.4. The Balaban J connectivity index is 1.87. The standard InChI is InChI=1S/C23H26N2O2S/c1-5-13-25-16(3)21(17(4)26)22(24-23(25)28)18-9-11-19(12-10-18)27-20-8-6-7-15(2)14-20/h6-12,14,22H,5,13H2,1-4H3,(H,24,28). The molecule has 1 atom stereocenters. The van der Waals surface area contributed by atoms with Crippen molar-refractivity contribution < 1.29 is 9.53 Å². The van der Waals surface area contributed by atoms with Gasteiger partial charge in [-0.1, -0.05) is 31.2 Å². The van der Waals surface area contributed by atoms with Gasteiger partial charge in [-0.2, -0.15) is 0 Å². The van der Waals surface area contributed by atoms with Crippen molar-refractivity contribution in [2.75, 3.05) is 6.54 Å². The van der Waals surface area contributed by atoms with Crippen LogP contribution in [0.15, 0.2) is 59.8 Å². The molecule has 0 aliphatic carbocycles. The number of aryl methyl sites for hydroxylation is 1. The van der Waals surface area contributed by atoms with E-state index in [9.17, 15) is 4.79 Å². The Morgan fingerprint density at radius 2 is 1.86 bits per heavy atom. The van der Waals surface area contributed by atoms with Crippen LogP contribution in [0.4, 0.5) is 0 Å². The summed E-state index contributed by atoms with van der Waals surface area (Å²) in [7, 11) is 0. The molecule has 0 fully saturated rings. The van der Waals surface area contributed by atoms with Gasteiger partial charge in [0.05, 0.1) is 6.04 Å². The van der Waals surface area contributed by atoms with Gasteiger partial charge in [-0.3, -0.25) is 4.79 Å². The number of Topliss-reactive ketones (excluding diaryl/α,β-unsaturated/α-hetero) is 1. The smallest absolute Gasteiger partial charge is 0.173 e. The third-order valence-corrected chi connectivity index (χ3v) is 5.20. The summed E-state index contributed by atoms with van der Waals surface area (Å²) in [6, 6.07) is 15.5. The van der Waals surface area contributed by atoms with Crippen molar-refractivity contribution >= 4 is 23.1 Å². The molecule has 1 N–H and O–H groups in total. The maximum absolute atomic E-state index is 12.4. The van der Waals surface area contributed by atoms with Crippen molar-refractivity contribution in [1.29, 1.82) is 0 Å². The van der Waals surface area contributed by atoms with Crippen LogP contribution >= 0.6 is 12.2 Å². The topological polar surface area (TPSA) is 41.6 Å². The molecule has 3 rings (SSSR count). The Morgan fingerprint density at radius 3 is 2.46 bits per heavy atom. The lowest BCUT2D eigenvalue weighted by Gasteiger charge is -2.37. The Kier molecular flexibility index (Phi) is 6.15. The van der Waals surface area contributed by atoms with Crippen LogP contribution in [0.2, 0.25) is 0 Å². The highest BCUT2D eigenvalue weighted by Crippen LogP contribution is 2.32. The molecule has 1 aliphatic rings. The van der Waals surface area contributed by atoms with Crippen LogP contribution in [0.25, 0.3) is 0 Å². The van der Waals surface area contributed by atoms with Gasteiger partial charge in [0.15, 0.2) is 10.9 Å². The molecule has 0 spiro atoms. The van der Waals surface area contributed by atoms with Crippen LogP contribution in [0.5, 0.6) is 11.5 Å². The first kappa shape index (κ1) is 20.1. The number of nitrogens with zero attached hydrogens (tertiary/aromatic N) is 1. The normalized spacial score (nSPS) is 16.8. The Labute approximate surface area is 172 Å². The molecule has 2 aromatic carbocycles. The number of thiocarbonyl (C=S) groups is 1. The van der Waals surface area contributed by atoms with Crippen molar-refractivity contribution in [2.24, 2.45) is 0 Å². The van der Waals surface area contributed by atoms with E-state index < -0.39 is 0 Å². The average molecular weight is 395 g/mol. The predicted octanol–water partition coefficient (Wildman–Crippen LogP) is 5.29. The number of carbonyl (C=O) groups excluding carboxylic acids is 1. The van der Waals surface area contributed by atoms with Gasteiger partial charge in [-0.05, 0) is 74.8 Å². The van der Waals surface area contributed by atoms with E-state index in [0.29, 0.717) is 5.11 Å². The van der Waals surface area contributed by atoms with Crippen molar-refractivity contribution in [1.82, 2.24) is 10.2 Å². The molecule has 1 aliphatic heterocycles. The van der Waals surface area contributed by atoms with Crippen LogP contribution in [-0.4, -0.2) is 22.3 Å². The summed E-state index contributed by atoms with van der Waals surface area (Å²) in [6.07, 6.45) is 0.958. The first-order chi connectivity index (χ1) is 13.4. The van der Waals surface area contributed by atoms with E-state index in [1.807, 2.05) is 67.3 Å². The summed E-state index contributed by atoms with van der Waals surface area (Å²) in [5, 5.41) is 4.01. The minimum Gasteiger partial charge on any atom is -0.457 e. The molecule has 28 heavy (non-hydrogen) atoms. The Morgan fingerprint density at radius 1 is 1.14 bits per heavy atom. The number of hydrogen-bond donors (Lipinski definition) is 1. The molecule has 5 heteroatoms. The van der Waals surface area contributed by atoms with E-state index >= 15 is 0 Å². The molecular weight excluding hydrogens is 368 g/mol.